The van der Waals surface area contributed by atoms with E-state index in [-0.39, 0.29) is 34.8 Å². The fourth-order valence-electron chi connectivity index (χ4n) is 2.91. The van der Waals surface area contributed by atoms with E-state index in [4.69, 9.17) is 9.47 Å². The molecule has 0 aliphatic heterocycles. The normalized spacial score (nSPS) is 10.6. The molecule has 0 aromatic heterocycles. The molecule has 0 heterocycles. The lowest BCUT2D eigenvalue weighted by molar-refractivity contribution is 0.306. The number of hydrogen-bond donors (Lipinski definition) is 1. The number of phenolic OH excluding ortho intramolecular Hbond substituents is 1. The number of benzene rings is 3. The number of methoxy groups -OCH3 is 1. The Kier molecular flexibility index (Phi) is 9.32. The minimum atomic E-state index is -0.983. The van der Waals surface area contributed by atoms with E-state index in [0.717, 1.165) is 6.08 Å². The molecule has 3 rings (SSSR count). The molecule has 176 valence electrons. The van der Waals surface area contributed by atoms with Gasteiger partial charge in [-0.2, -0.15) is 0 Å². The molecule has 3 aromatic carbocycles. The monoisotopic (exact) mass is 466 g/mol. The van der Waals surface area contributed by atoms with Gasteiger partial charge in [0, 0.05) is 22.8 Å². The van der Waals surface area contributed by atoms with Crippen LogP contribution in [-0.2, 0) is 4.74 Å². The molecule has 0 spiro atoms. The number of halogens is 3. The van der Waals surface area contributed by atoms with Crippen molar-refractivity contribution in [1.29, 1.82) is 0 Å². The first-order chi connectivity index (χ1) is 16.3. The second kappa shape index (κ2) is 12.2. The Hall–Kier alpha value is -4.19. The van der Waals surface area contributed by atoms with Crippen LogP contribution >= 0.6 is 0 Å². The van der Waals surface area contributed by atoms with Crippen molar-refractivity contribution in [2.75, 3.05) is 13.7 Å². The largest absolute Gasteiger partial charge is 0.508 e. The molecule has 6 heteroatoms. The van der Waals surface area contributed by atoms with Crippen molar-refractivity contribution in [3.63, 3.8) is 0 Å². The molecule has 3 nitrogen and oxygen atoms in total. The van der Waals surface area contributed by atoms with Gasteiger partial charge in [0.1, 0.15) is 29.7 Å². The second-order valence-electron chi connectivity index (χ2n) is 6.91. The standard InChI is InChI=1S/C26H21F3O3.C2H4/c1-16(24(27)14-17(2)31-3)15-32-21-10-6-19(7-11-21)23-13-12-22(25(28)26(23)29)18-4-8-20(30)9-5-18;1-2/h4-14,30H,1-2,15H2,3H3;1-2H2/b24-14+;. The van der Waals surface area contributed by atoms with Crippen molar-refractivity contribution < 1.29 is 27.8 Å². The Morgan fingerprint density at radius 2 is 1.32 bits per heavy atom. The first-order valence-electron chi connectivity index (χ1n) is 10.1. The third-order valence-electron chi connectivity index (χ3n) is 4.73. The van der Waals surface area contributed by atoms with E-state index < -0.39 is 17.5 Å². The predicted molar refractivity (Wildman–Crippen MR) is 130 cm³/mol. The number of aromatic hydroxyl groups is 1. The van der Waals surface area contributed by atoms with E-state index in [1.165, 1.54) is 43.5 Å². The summed E-state index contributed by atoms with van der Waals surface area (Å²) in [7, 11) is 1.38. The van der Waals surface area contributed by atoms with Crippen LogP contribution in [0.4, 0.5) is 13.2 Å². The van der Waals surface area contributed by atoms with E-state index in [1.54, 1.807) is 24.3 Å². The Labute approximate surface area is 197 Å². The summed E-state index contributed by atoms with van der Waals surface area (Å²) in [5.41, 5.74) is 1.19. The summed E-state index contributed by atoms with van der Waals surface area (Å²) in [6.45, 7) is 13.0. The number of phenols is 1. The molecule has 3 aromatic rings. The van der Waals surface area contributed by atoms with E-state index in [9.17, 15) is 18.3 Å². The van der Waals surface area contributed by atoms with Gasteiger partial charge in [-0.25, -0.2) is 13.2 Å². The highest BCUT2D eigenvalue weighted by molar-refractivity contribution is 5.72. The predicted octanol–water partition coefficient (Wildman–Crippen LogP) is 7.76. The molecule has 0 bridgehead atoms. The average Bonchev–Trinajstić information content (AvgIpc) is 2.86. The zero-order chi connectivity index (χ0) is 25.3. The van der Waals surface area contributed by atoms with Crippen LogP contribution in [0.3, 0.4) is 0 Å². The third kappa shape index (κ3) is 6.42. The highest BCUT2D eigenvalue weighted by Crippen LogP contribution is 2.32. The molecule has 0 saturated heterocycles. The summed E-state index contributed by atoms with van der Waals surface area (Å²) in [5, 5.41) is 9.37. The maximum absolute atomic E-state index is 14.8. The van der Waals surface area contributed by atoms with Crippen LogP contribution in [-0.4, -0.2) is 18.8 Å². The highest BCUT2D eigenvalue weighted by atomic mass is 19.2. The van der Waals surface area contributed by atoms with Crippen molar-refractivity contribution in [2.24, 2.45) is 0 Å². The van der Waals surface area contributed by atoms with Crippen molar-refractivity contribution in [1.82, 2.24) is 0 Å². The van der Waals surface area contributed by atoms with Crippen molar-refractivity contribution in [3.05, 3.63) is 122 Å². The van der Waals surface area contributed by atoms with Gasteiger partial charge >= 0.3 is 0 Å². The van der Waals surface area contributed by atoms with Crippen LogP contribution in [0, 0.1) is 11.6 Å². The van der Waals surface area contributed by atoms with Gasteiger partial charge in [0.2, 0.25) is 0 Å². The summed E-state index contributed by atoms with van der Waals surface area (Å²) in [6, 6.07) is 15.1. The molecule has 0 fully saturated rings. The average molecular weight is 466 g/mol. The Balaban J connectivity index is 0.00000199. The minimum Gasteiger partial charge on any atom is -0.508 e. The van der Waals surface area contributed by atoms with Crippen LogP contribution in [0.25, 0.3) is 22.3 Å². The molecular formula is C28H25F3O3. The lowest BCUT2D eigenvalue weighted by atomic mass is 9.98. The number of hydrogen-bond acceptors (Lipinski definition) is 3. The summed E-state index contributed by atoms with van der Waals surface area (Å²) in [4.78, 5) is 0. The summed E-state index contributed by atoms with van der Waals surface area (Å²) in [6.07, 6.45) is 1.11. The molecule has 0 amide bonds. The number of rotatable bonds is 8. The van der Waals surface area contributed by atoms with Gasteiger partial charge in [0.25, 0.3) is 0 Å². The van der Waals surface area contributed by atoms with Gasteiger partial charge in [-0.3, -0.25) is 0 Å². The van der Waals surface area contributed by atoms with Gasteiger partial charge in [-0.05, 0) is 35.4 Å². The second-order valence-corrected chi connectivity index (χ2v) is 6.91. The van der Waals surface area contributed by atoms with E-state index in [1.807, 2.05) is 0 Å². The molecular weight excluding hydrogens is 441 g/mol. The smallest absolute Gasteiger partial charge is 0.167 e. The van der Waals surface area contributed by atoms with E-state index in [2.05, 4.69) is 26.3 Å². The summed E-state index contributed by atoms with van der Waals surface area (Å²) in [5.74, 6) is -1.97. The van der Waals surface area contributed by atoms with Crippen LogP contribution in [0.1, 0.15) is 0 Å². The van der Waals surface area contributed by atoms with Gasteiger partial charge in [-0.1, -0.05) is 49.6 Å². The van der Waals surface area contributed by atoms with Crippen molar-refractivity contribution >= 4 is 0 Å². The Morgan fingerprint density at radius 1 is 0.853 bits per heavy atom. The van der Waals surface area contributed by atoms with Gasteiger partial charge in [0.15, 0.2) is 11.6 Å². The fourth-order valence-corrected chi connectivity index (χ4v) is 2.91. The van der Waals surface area contributed by atoms with Crippen LogP contribution in [0.15, 0.2) is 110 Å². The fraction of sp³-hybridized carbons (Fsp3) is 0.0714. The molecule has 0 radical (unpaired) electrons. The van der Waals surface area contributed by atoms with Crippen LogP contribution in [0.2, 0.25) is 0 Å². The SMILES string of the molecule is C=C.C=C(/C=C(/F)C(=C)COc1ccc(-c2ccc(-c3ccc(O)cc3)c(F)c2F)cc1)OC. The lowest BCUT2D eigenvalue weighted by Gasteiger charge is -2.11. The quantitative estimate of drug-likeness (QED) is 0.210. The first-order valence-corrected chi connectivity index (χ1v) is 10.1. The summed E-state index contributed by atoms with van der Waals surface area (Å²) < 4.78 is 53.7. The van der Waals surface area contributed by atoms with Gasteiger partial charge in [0.05, 0.1) is 7.11 Å². The molecule has 1 N–H and O–H groups in total. The molecule has 0 atom stereocenters. The molecule has 34 heavy (non-hydrogen) atoms. The maximum Gasteiger partial charge on any atom is 0.167 e. The zero-order valence-corrected chi connectivity index (χ0v) is 18.8. The van der Waals surface area contributed by atoms with Crippen molar-refractivity contribution in [3.8, 4) is 33.8 Å². The number of ether oxygens (including phenoxy) is 2. The van der Waals surface area contributed by atoms with Crippen LogP contribution < -0.4 is 4.74 Å². The minimum absolute atomic E-state index is 0.0383. The molecule has 0 aliphatic carbocycles. The molecule has 0 unspecified atom stereocenters. The first kappa shape index (κ1) is 26.1. The highest BCUT2D eigenvalue weighted by Gasteiger charge is 2.16. The summed E-state index contributed by atoms with van der Waals surface area (Å²) >= 11 is 0. The molecule has 0 aliphatic rings. The Bertz CT molecular complexity index is 1180. The number of allylic oxidation sites excluding steroid dienone is 1. The van der Waals surface area contributed by atoms with E-state index in [0.29, 0.717) is 16.9 Å². The topological polar surface area (TPSA) is 38.7 Å². The lowest BCUT2D eigenvalue weighted by Crippen LogP contribution is -2.01. The van der Waals surface area contributed by atoms with Crippen molar-refractivity contribution in [2.45, 2.75) is 0 Å². The van der Waals surface area contributed by atoms with E-state index >= 15 is 0 Å². The Morgan fingerprint density at radius 3 is 1.79 bits per heavy atom. The third-order valence-corrected chi connectivity index (χ3v) is 4.73. The molecule has 0 saturated carbocycles. The van der Waals surface area contributed by atoms with Crippen LogP contribution in [0.5, 0.6) is 11.5 Å². The zero-order valence-electron chi connectivity index (χ0n) is 18.8. The van der Waals surface area contributed by atoms with Gasteiger partial charge in [-0.15, -0.1) is 13.2 Å². The maximum atomic E-state index is 14.8. The van der Waals surface area contributed by atoms with Gasteiger partial charge < -0.3 is 14.6 Å².